The maximum atomic E-state index is 12.2. The van der Waals surface area contributed by atoms with Crippen LogP contribution in [-0.4, -0.2) is 16.1 Å². The van der Waals surface area contributed by atoms with E-state index in [-0.39, 0.29) is 5.91 Å². The number of aromatic nitrogens is 2. The fraction of sp³-hybridized carbons (Fsp3) is 0.500. The molecule has 6 heteroatoms. The molecule has 0 aliphatic rings. The summed E-state index contributed by atoms with van der Waals surface area (Å²) in [4.78, 5) is 12.9. The minimum Gasteiger partial charge on any atom is -0.296 e. The van der Waals surface area contributed by atoms with Crippen molar-refractivity contribution in [2.75, 3.05) is 5.32 Å². The monoisotopic (exact) mass is 309 g/mol. The number of hydrogen-bond acceptors (Lipinski definition) is 5. The highest BCUT2D eigenvalue weighted by Crippen LogP contribution is 2.22. The zero-order valence-corrected chi connectivity index (χ0v) is 13.4. The predicted octanol–water partition coefficient (Wildman–Crippen LogP) is 4.15. The van der Waals surface area contributed by atoms with Crippen LogP contribution in [0.3, 0.4) is 0 Å². The van der Waals surface area contributed by atoms with E-state index in [4.69, 9.17) is 0 Å². The van der Waals surface area contributed by atoms with Gasteiger partial charge in [-0.2, -0.15) is 0 Å². The van der Waals surface area contributed by atoms with Gasteiger partial charge in [-0.3, -0.25) is 10.1 Å². The maximum Gasteiger partial charge on any atom is 0.267 e. The van der Waals surface area contributed by atoms with Gasteiger partial charge < -0.3 is 0 Å². The first-order valence-corrected chi connectivity index (χ1v) is 8.64. The van der Waals surface area contributed by atoms with Crippen LogP contribution in [0.25, 0.3) is 0 Å². The standard InChI is InChI=1S/C14H19N3OS2/c1-3-5-6-7-11-16-17-14(20-11)15-13(18)12-10(4-2)8-9-19-12/h8-9H,3-7H2,1-2H3,(H,15,17,18). The SMILES string of the molecule is CCCCCc1nnc(NC(=O)c2sccc2CC)s1. The first-order chi connectivity index (χ1) is 9.74. The van der Waals surface area contributed by atoms with Crippen LogP contribution in [0.15, 0.2) is 11.4 Å². The molecule has 0 spiro atoms. The molecule has 1 N–H and O–H groups in total. The van der Waals surface area contributed by atoms with Crippen molar-refractivity contribution in [3.05, 3.63) is 26.9 Å². The Morgan fingerprint density at radius 1 is 1.30 bits per heavy atom. The van der Waals surface area contributed by atoms with Gasteiger partial charge in [0.1, 0.15) is 5.01 Å². The Kier molecular flexibility index (Phi) is 5.67. The van der Waals surface area contributed by atoms with E-state index < -0.39 is 0 Å². The zero-order valence-electron chi connectivity index (χ0n) is 11.8. The summed E-state index contributed by atoms with van der Waals surface area (Å²) in [5.41, 5.74) is 1.08. The molecule has 0 atom stereocenters. The third-order valence-corrected chi connectivity index (χ3v) is 4.87. The zero-order chi connectivity index (χ0) is 14.4. The normalized spacial score (nSPS) is 10.7. The summed E-state index contributed by atoms with van der Waals surface area (Å²) >= 11 is 2.94. The Labute approximate surface area is 127 Å². The lowest BCUT2D eigenvalue weighted by Gasteiger charge is -2.00. The number of thiophene rings is 1. The second-order valence-corrected chi connectivity index (χ2v) is 6.52. The van der Waals surface area contributed by atoms with Crippen LogP contribution in [0.5, 0.6) is 0 Å². The smallest absolute Gasteiger partial charge is 0.267 e. The number of amides is 1. The first-order valence-electron chi connectivity index (χ1n) is 6.94. The highest BCUT2D eigenvalue weighted by molar-refractivity contribution is 7.15. The van der Waals surface area contributed by atoms with E-state index in [0.717, 1.165) is 34.7 Å². The molecule has 20 heavy (non-hydrogen) atoms. The van der Waals surface area contributed by atoms with Gasteiger partial charge in [-0.25, -0.2) is 0 Å². The Hall–Kier alpha value is -1.27. The van der Waals surface area contributed by atoms with Crippen LogP contribution in [0.1, 0.15) is 53.4 Å². The summed E-state index contributed by atoms with van der Waals surface area (Å²) in [6.07, 6.45) is 5.34. The van der Waals surface area contributed by atoms with Gasteiger partial charge in [-0.15, -0.1) is 21.5 Å². The third kappa shape index (κ3) is 3.86. The van der Waals surface area contributed by atoms with Crippen molar-refractivity contribution < 1.29 is 4.79 Å². The van der Waals surface area contributed by atoms with Gasteiger partial charge in [0.15, 0.2) is 0 Å². The van der Waals surface area contributed by atoms with Gasteiger partial charge in [0.2, 0.25) is 5.13 Å². The summed E-state index contributed by atoms with van der Waals surface area (Å²) in [5, 5.41) is 14.5. The van der Waals surface area contributed by atoms with E-state index >= 15 is 0 Å². The quantitative estimate of drug-likeness (QED) is 0.782. The number of carbonyl (C=O) groups is 1. The van der Waals surface area contributed by atoms with Crippen molar-refractivity contribution >= 4 is 33.7 Å². The lowest BCUT2D eigenvalue weighted by molar-refractivity contribution is 0.102. The Bertz CT molecular complexity index is 562. The summed E-state index contributed by atoms with van der Waals surface area (Å²) in [6, 6.07) is 2.00. The molecule has 0 radical (unpaired) electrons. The second-order valence-electron chi connectivity index (χ2n) is 4.54. The van der Waals surface area contributed by atoms with Crippen molar-refractivity contribution in [1.82, 2.24) is 10.2 Å². The first kappa shape index (κ1) is 15.1. The Morgan fingerprint density at radius 3 is 2.90 bits per heavy atom. The number of nitrogens with zero attached hydrogens (tertiary/aromatic N) is 2. The minimum atomic E-state index is -0.0758. The average molecular weight is 309 g/mol. The molecule has 1 amide bonds. The van der Waals surface area contributed by atoms with E-state index in [2.05, 4.69) is 29.4 Å². The molecule has 0 unspecified atom stereocenters. The molecule has 2 aromatic heterocycles. The van der Waals surface area contributed by atoms with Crippen LogP contribution in [0, 0.1) is 0 Å². The highest BCUT2D eigenvalue weighted by atomic mass is 32.1. The number of rotatable bonds is 7. The fourth-order valence-corrected chi connectivity index (χ4v) is 3.57. The van der Waals surface area contributed by atoms with Crippen molar-refractivity contribution in [2.24, 2.45) is 0 Å². The second kappa shape index (κ2) is 7.50. The predicted molar refractivity (Wildman–Crippen MR) is 84.8 cm³/mol. The molecule has 0 aliphatic carbocycles. The number of carbonyl (C=O) groups excluding carboxylic acids is 1. The van der Waals surface area contributed by atoms with Crippen LogP contribution in [0.4, 0.5) is 5.13 Å². The van der Waals surface area contributed by atoms with Gasteiger partial charge in [-0.1, -0.05) is 38.0 Å². The average Bonchev–Trinajstić information content (AvgIpc) is 3.07. The third-order valence-electron chi connectivity index (χ3n) is 3.02. The molecule has 108 valence electrons. The maximum absolute atomic E-state index is 12.2. The van der Waals surface area contributed by atoms with Crippen molar-refractivity contribution in [3.8, 4) is 0 Å². The molecule has 0 saturated heterocycles. The van der Waals surface area contributed by atoms with Crippen molar-refractivity contribution in [3.63, 3.8) is 0 Å². The number of aryl methyl sites for hydroxylation is 2. The number of unbranched alkanes of at least 4 members (excludes halogenated alkanes) is 2. The molecule has 2 rings (SSSR count). The number of hydrogen-bond donors (Lipinski definition) is 1. The molecule has 0 bridgehead atoms. The summed E-state index contributed by atoms with van der Waals surface area (Å²) in [5.74, 6) is -0.0758. The molecular formula is C14H19N3OS2. The topological polar surface area (TPSA) is 54.9 Å². The molecule has 0 aromatic carbocycles. The lowest BCUT2D eigenvalue weighted by Crippen LogP contribution is -2.11. The van der Waals surface area contributed by atoms with Gasteiger partial charge in [0, 0.05) is 6.42 Å². The van der Waals surface area contributed by atoms with Gasteiger partial charge in [0.25, 0.3) is 5.91 Å². The largest absolute Gasteiger partial charge is 0.296 e. The number of nitrogens with one attached hydrogen (secondary N) is 1. The van der Waals surface area contributed by atoms with Crippen LogP contribution >= 0.6 is 22.7 Å². The lowest BCUT2D eigenvalue weighted by atomic mass is 10.2. The fourth-order valence-electron chi connectivity index (χ4n) is 1.90. The summed E-state index contributed by atoms with van der Waals surface area (Å²) in [6.45, 7) is 4.23. The van der Waals surface area contributed by atoms with Gasteiger partial charge in [0.05, 0.1) is 4.88 Å². The Balaban J connectivity index is 1.95. The van der Waals surface area contributed by atoms with Crippen LogP contribution in [-0.2, 0) is 12.8 Å². The Morgan fingerprint density at radius 2 is 2.15 bits per heavy atom. The van der Waals surface area contributed by atoms with Gasteiger partial charge in [-0.05, 0) is 29.9 Å². The van der Waals surface area contributed by atoms with Gasteiger partial charge >= 0.3 is 0 Å². The molecule has 0 saturated carbocycles. The number of anilines is 1. The molecular weight excluding hydrogens is 290 g/mol. The van der Waals surface area contributed by atoms with E-state index in [1.165, 1.54) is 35.5 Å². The van der Waals surface area contributed by atoms with Crippen molar-refractivity contribution in [1.29, 1.82) is 0 Å². The minimum absolute atomic E-state index is 0.0758. The summed E-state index contributed by atoms with van der Waals surface area (Å²) in [7, 11) is 0. The molecule has 2 aromatic rings. The van der Waals surface area contributed by atoms with Crippen LogP contribution < -0.4 is 5.32 Å². The van der Waals surface area contributed by atoms with Crippen molar-refractivity contribution in [2.45, 2.75) is 46.0 Å². The van der Waals surface area contributed by atoms with E-state index in [9.17, 15) is 4.79 Å². The molecule has 2 heterocycles. The molecule has 0 aliphatic heterocycles. The molecule has 4 nitrogen and oxygen atoms in total. The molecule has 0 fully saturated rings. The van der Waals surface area contributed by atoms with Crippen LogP contribution in [0.2, 0.25) is 0 Å². The van der Waals surface area contributed by atoms with E-state index in [1.54, 1.807) is 0 Å². The van der Waals surface area contributed by atoms with E-state index in [0.29, 0.717) is 5.13 Å². The van der Waals surface area contributed by atoms with E-state index in [1.807, 2.05) is 11.4 Å². The summed E-state index contributed by atoms with van der Waals surface area (Å²) < 4.78 is 0. The highest BCUT2D eigenvalue weighted by Gasteiger charge is 2.14.